The molecule has 0 unspecified atom stereocenters. The zero-order chi connectivity index (χ0) is 8.27. The van der Waals surface area contributed by atoms with E-state index in [0.29, 0.717) is 5.92 Å². The summed E-state index contributed by atoms with van der Waals surface area (Å²) in [5.74, 6) is 1.15. The largest absolute Gasteiger partial charge is 0.358 e. The number of rotatable bonds is 1. The number of piperazine rings is 1. The first kappa shape index (κ1) is 8.53. The van der Waals surface area contributed by atoms with Gasteiger partial charge in [-0.1, -0.05) is 13.8 Å². The summed E-state index contributed by atoms with van der Waals surface area (Å²) in [6, 6.07) is 0. The lowest BCUT2D eigenvalue weighted by Gasteiger charge is -2.31. The molecule has 1 aliphatic heterocycles. The minimum Gasteiger partial charge on any atom is -0.358 e. The zero-order valence-electron chi connectivity index (χ0n) is 7.35. The van der Waals surface area contributed by atoms with Crippen LogP contribution < -0.4 is 5.32 Å². The molecule has 2 N–H and O–H groups in total. The lowest BCUT2D eigenvalue weighted by atomic mass is 10.1. The summed E-state index contributed by atoms with van der Waals surface area (Å²) < 4.78 is 0. The smallest absolute Gasteiger partial charge is 0.0984 e. The van der Waals surface area contributed by atoms with E-state index in [1.54, 1.807) is 0 Å². The van der Waals surface area contributed by atoms with Gasteiger partial charge in [0.1, 0.15) is 0 Å². The molecule has 0 spiro atoms. The Morgan fingerprint density at radius 1 is 1.36 bits per heavy atom. The monoisotopic (exact) mass is 155 g/mol. The predicted octanol–water partition coefficient (Wildman–Crippen LogP) is 0.525. The quantitative estimate of drug-likeness (QED) is 0.428. The molecule has 0 bridgehead atoms. The van der Waals surface area contributed by atoms with Crippen molar-refractivity contribution >= 4 is 5.84 Å². The van der Waals surface area contributed by atoms with Crippen LogP contribution in [0.15, 0.2) is 0 Å². The fraction of sp³-hybridized carbons (Fsp3) is 0.875. The van der Waals surface area contributed by atoms with E-state index in [0.717, 1.165) is 32.0 Å². The first-order chi connectivity index (χ1) is 5.22. The summed E-state index contributed by atoms with van der Waals surface area (Å²) in [7, 11) is 0. The molecule has 3 nitrogen and oxygen atoms in total. The average molecular weight is 155 g/mol. The van der Waals surface area contributed by atoms with Gasteiger partial charge in [0.2, 0.25) is 0 Å². The van der Waals surface area contributed by atoms with E-state index in [1.165, 1.54) is 0 Å². The van der Waals surface area contributed by atoms with E-state index in [-0.39, 0.29) is 0 Å². The molecule has 0 amide bonds. The van der Waals surface area contributed by atoms with Crippen LogP contribution in [0.4, 0.5) is 0 Å². The van der Waals surface area contributed by atoms with Crippen molar-refractivity contribution in [2.75, 3.05) is 26.2 Å². The molecule has 0 radical (unpaired) electrons. The number of hydrogen-bond acceptors (Lipinski definition) is 2. The van der Waals surface area contributed by atoms with Crippen molar-refractivity contribution in [3.63, 3.8) is 0 Å². The Balaban J connectivity index is 2.39. The van der Waals surface area contributed by atoms with Gasteiger partial charge in [0.25, 0.3) is 0 Å². The molecule has 1 fully saturated rings. The zero-order valence-corrected chi connectivity index (χ0v) is 7.35. The van der Waals surface area contributed by atoms with Crippen LogP contribution in [0.5, 0.6) is 0 Å². The van der Waals surface area contributed by atoms with Crippen molar-refractivity contribution in [2.45, 2.75) is 13.8 Å². The summed E-state index contributed by atoms with van der Waals surface area (Å²) in [6.45, 7) is 8.19. The van der Waals surface area contributed by atoms with Gasteiger partial charge in [-0.2, -0.15) is 0 Å². The van der Waals surface area contributed by atoms with Crippen molar-refractivity contribution in [3.05, 3.63) is 0 Å². The second-order valence-corrected chi connectivity index (χ2v) is 3.28. The highest BCUT2D eigenvalue weighted by Crippen LogP contribution is 2.02. The van der Waals surface area contributed by atoms with Crippen LogP contribution in [0.3, 0.4) is 0 Å². The summed E-state index contributed by atoms with van der Waals surface area (Å²) in [5, 5.41) is 11.0. The second kappa shape index (κ2) is 3.72. The van der Waals surface area contributed by atoms with E-state index < -0.39 is 0 Å². The SMILES string of the molecule is CC(C)C(=N)N1CCNCC1. The van der Waals surface area contributed by atoms with Crippen molar-refractivity contribution in [2.24, 2.45) is 5.92 Å². The first-order valence-electron chi connectivity index (χ1n) is 4.26. The molecule has 0 aliphatic carbocycles. The Morgan fingerprint density at radius 3 is 2.36 bits per heavy atom. The molecule has 0 saturated carbocycles. The molecule has 1 aliphatic rings. The van der Waals surface area contributed by atoms with Gasteiger partial charge in [-0.15, -0.1) is 0 Å². The molecule has 1 rings (SSSR count). The molecule has 11 heavy (non-hydrogen) atoms. The highest BCUT2D eigenvalue weighted by Gasteiger charge is 2.14. The summed E-state index contributed by atoms with van der Waals surface area (Å²) in [6.07, 6.45) is 0. The maximum Gasteiger partial charge on any atom is 0.0984 e. The maximum absolute atomic E-state index is 7.74. The molecule has 0 aromatic heterocycles. The van der Waals surface area contributed by atoms with Gasteiger partial charge >= 0.3 is 0 Å². The fourth-order valence-electron chi connectivity index (χ4n) is 1.27. The Kier molecular flexibility index (Phi) is 2.88. The standard InChI is InChI=1S/C8H17N3/c1-7(2)8(9)11-5-3-10-4-6-11/h7,9-10H,3-6H2,1-2H3. The highest BCUT2D eigenvalue weighted by atomic mass is 15.2. The van der Waals surface area contributed by atoms with Crippen LogP contribution in [0, 0.1) is 11.3 Å². The minimum absolute atomic E-state index is 0.369. The number of hydrogen-bond donors (Lipinski definition) is 2. The third kappa shape index (κ3) is 2.19. The third-order valence-corrected chi connectivity index (χ3v) is 2.00. The molecule has 0 aromatic carbocycles. The molecule has 1 heterocycles. The van der Waals surface area contributed by atoms with Gasteiger partial charge < -0.3 is 10.2 Å². The number of nitrogens with one attached hydrogen (secondary N) is 2. The maximum atomic E-state index is 7.74. The van der Waals surface area contributed by atoms with Crippen molar-refractivity contribution < 1.29 is 0 Å². The first-order valence-corrected chi connectivity index (χ1v) is 4.26. The lowest BCUT2D eigenvalue weighted by molar-refractivity contribution is 0.342. The van der Waals surface area contributed by atoms with Gasteiger partial charge in [0.15, 0.2) is 0 Å². The minimum atomic E-state index is 0.369. The molecule has 0 atom stereocenters. The van der Waals surface area contributed by atoms with Crippen molar-refractivity contribution in [1.82, 2.24) is 10.2 Å². The van der Waals surface area contributed by atoms with Crippen LogP contribution in [0.1, 0.15) is 13.8 Å². The van der Waals surface area contributed by atoms with Crippen LogP contribution in [0.25, 0.3) is 0 Å². The third-order valence-electron chi connectivity index (χ3n) is 2.00. The summed E-state index contributed by atoms with van der Waals surface area (Å²) in [4.78, 5) is 2.15. The van der Waals surface area contributed by atoms with Crippen LogP contribution in [-0.4, -0.2) is 36.9 Å². The van der Waals surface area contributed by atoms with E-state index in [4.69, 9.17) is 5.41 Å². The van der Waals surface area contributed by atoms with Gasteiger partial charge in [0.05, 0.1) is 5.84 Å². The molecule has 1 saturated heterocycles. The summed E-state index contributed by atoms with van der Waals surface area (Å²) >= 11 is 0. The second-order valence-electron chi connectivity index (χ2n) is 3.28. The van der Waals surface area contributed by atoms with Crippen molar-refractivity contribution in [3.8, 4) is 0 Å². The predicted molar refractivity (Wildman–Crippen MR) is 47.0 cm³/mol. The van der Waals surface area contributed by atoms with Crippen molar-refractivity contribution in [1.29, 1.82) is 5.41 Å². The highest BCUT2D eigenvalue weighted by molar-refractivity contribution is 5.81. The summed E-state index contributed by atoms with van der Waals surface area (Å²) in [5.41, 5.74) is 0. The van der Waals surface area contributed by atoms with Crippen LogP contribution in [-0.2, 0) is 0 Å². The van der Waals surface area contributed by atoms with Gasteiger partial charge in [-0.3, -0.25) is 5.41 Å². The van der Waals surface area contributed by atoms with Crippen LogP contribution in [0.2, 0.25) is 0 Å². The molecule has 0 aromatic rings. The van der Waals surface area contributed by atoms with Gasteiger partial charge in [-0.05, 0) is 0 Å². The molecular weight excluding hydrogens is 138 g/mol. The Morgan fingerprint density at radius 2 is 1.91 bits per heavy atom. The van der Waals surface area contributed by atoms with Gasteiger partial charge in [0, 0.05) is 32.1 Å². The average Bonchev–Trinajstić information content (AvgIpc) is 2.05. The van der Waals surface area contributed by atoms with E-state index >= 15 is 0 Å². The Bertz CT molecular complexity index is 136. The van der Waals surface area contributed by atoms with E-state index in [1.807, 2.05) is 0 Å². The molecule has 3 heteroatoms. The number of nitrogens with zero attached hydrogens (tertiary/aromatic N) is 1. The normalized spacial score (nSPS) is 19.0. The molecule has 64 valence electrons. The van der Waals surface area contributed by atoms with Gasteiger partial charge in [-0.25, -0.2) is 0 Å². The van der Waals surface area contributed by atoms with E-state index in [9.17, 15) is 0 Å². The fourth-order valence-corrected chi connectivity index (χ4v) is 1.27. The van der Waals surface area contributed by atoms with Crippen LogP contribution >= 0.6 is 0 Å². The molecular formula is C8H17N3. The Labute approximate surface area is 68.3 Å². The lowest BCUT2D eigenvalue weighted by Crippen LogP contribution is -2.47. The Hall–Kier alpha value is -0.570. The topological polar surface area (TPSA) is 39.1 Å². The number of amidine groups is 1. The van der Waals surface area contributed by atoms with E-state index in [2.05, 4.69) is 24.1 Å².